The molecule has 27 heavy (non-hydrogen) atoms. The molecule has 0 N–H and O–H groups in total. The van der Waals surface area contributed by atoms with E-state index in [0.29, 0.717) is 31.4 Å². The molecule has 0 bridgehead atoms. The van der Waals surface area contributed by atoms with Crippen LogP contribution in [0.25, 0.3) is 0 Å². The smallest absolute Gasteiger partial charge is 0.290 e. The summed E-state index contributed by atoms with van der Waals surface area (Å²) >= 11 is 0. The summed E-state index contributed by atoms with van der Waals surface area (Å²) in [4.78, 5) is 19.0. The molecule has 0 radical (unpaired) electrons. The van der Waals surface area contributed by atoms with Gasteiger partial charge in [-0.05, 0) is 23.8 Å². The van der Waals surface area contributed by atoms with E-state index in [2.05, 4.69) is 4.98 Å². The fourth-order valence-electron chi connectivity index (χ4n) is 3.29. The summed E-state index contributed by atoms with van der Waals surface area (Å²) in [5.74, 6) is 0.699. The van der Waals surface area contributed by atoms with Crippen LogP contribution in [-0.2, 0) is 4.74 Å². The lowest BCUT2D eigenvalue weighted by molar-refractivity contribution is -0.0780. The quantitative estimate of drug-likeness (QED) is 0.695. The predicted octanol–water partition coefficient (Wildman–Crippen LogP) is 3.34. The normalized spacial score (nSPS) is 19.6. The number of carbonyl (C=O) groups is 1. The van der Waals surface area contributed by atoms with Crippen LogP contribution in [0.1, 0.15) is 22.2 Å². The first-order valence-electron chi connectivity index (χ1n) is 8.88. The summed E-state index contributed by atoms with van der Waals surface area (Å²) in [5.41, 5.74) is 0.992. The molecule has 1 aliphatic rings. The number of nitrogens with zero attached hydrogens (tertiary/aromatic N) is 2. The maximum atomic E-state index is 13.0. The zero-order valence-corrected chi connectivity index (χ0v) is 14.7. The number of pyridine rings is 1. The number of hydrogen-bond acceptors (Lipinski definition) is 5. The summed E-state index contributed by atoms with van der Waals surface area (Å²) in [6.07, 6.45) is 2.87. The van der Waals surface area contributed by atoms with Crippen LogP contribution in [0.15, 0.2) is 77.5 Å². The number of hydrogen-bond donors (Lipinski definition) is 0. The summed E-state index contributed by atoms with van der Waals surface area (Å²) < 4.78 is 17.1. The Bertz CT molecular complexity index is 852. The van der Waals surface area contributed by atoms with Crippen molar-refractivity contribution in [1.82, 2.24) is 9.88 Å². The fourth-order valence-corrected chi connectivity index (χ4v) is 3.29. The number of rotatable bonds is 5. The van der Waals surface area contributed by atoms with Crippen molar-refractivity contribution >= 4 is 5.91 Å². The number of aromatic nitrogens is 1. The third-order valence-corrected chi connectivity index (χ3v) is 4.52. The Kier molecular flexibility index (Phi) is 5.16. The molecule has 1 saturated heterocycles. The number of furan rings is 1. The van der Waals surface area contributed by atoms with Gasteiger partial charge >= 0.3 is 0 Å². The van der Waals surface area contributed by atoms with Gasteiger partial charge in [-0.2, -0.15) is 0 Å². The lowest BCUT2D eigenvalue weighted by Gasteiger charge is -2.40. The van der Waals surface area contributed by atoms with E-state index in [9.17, 15) is 4.79 Å². The Morgan fingerprint density at radius 2 is 1.96 bits per heavy atom. The Morgan fingerprint density at radius 1 is 1.11 bits per heavy atom. The van der Waals surface area contributed by atoms with Gasteiger partial charge in [0, 0.05) is 18.8 Å². The fraction of sp³-hybridized carbons (Fsp3) is 0.238. The average molecular weight is 364 g/mol. The standard InChI is InChI=1S/C21H20N2O4/c24-21(17-9-6-13-25-17)23-12-14-26-18(15-27-19-10-4-5-11-22-19)20(23)16-7-2-1-3-8-16/h1-11,13,18,20H,12,14-15H2. The molecule has 6 nitrogen and oxygen atoms in total. The molecule has 1 amide bonds. The number of morpholine rings is 1. The van der Waals surface area contributed by atoms with Crippen LogP contribution in [0, 0.1) is 0 Å². The largest absolute Gasteiger partial charge is 0.475 e. The van der Waals surface area contributed by atoms with Crippen molar-refractivity contribution in [2.24, 2.45) is 0 Å². The van der Waals surface area contributed by atoms with Crippen molar-refractivity contribution in [3.05, 3.63) is 84.4 Å². The molecule has 3 aromatic rings. The zero-order chi connectivity index (χ0) is 18.5. The molecule has 0 saturated carbocycles. The highest BCUT2D eigenvalue weighted by atomic mass is 16.5. The van der Waals surface area contributed by atoms with E-state index in [1.54, 1.807) is 29.3 Å². The summed E-state index contributed by atoms with van der Waals surface area (Å²) in [6, 6.07) is 18.5. The van der Waals surface area contributed by atoms with Gasteiger partial charge in [0.15, 0.2) is 5.76 Å². The molecule has 0 aliphatic carbocycles. The van der Waals surface area contributed by atoms with E-state index in [-0.39, 0.29) is 18.1 Å². The van der Waals surface area contributed by atoms with E-state index in [0.717, 1.165) is 5.56 Å². The van der Waals surface area contributed by atoms with Gasteiger partial charge in [-0.1, -0.05) is 36.4 Å². The SMILES string of the molecule is O=C(c1ccco1)N1CCOC(COc2ccccn2)C1c1ccccc1. The van der Waals surface area contributed by atoms with E-state index >= 15 is 0 Å². The molecule has 2 unspecified atom stereocenters. The van der Waals surface area contributed by atoms with Crippen molar-refractivity contribution < 1.29 is 18.7 Å². The van der Waals surface area contributed by atoms with Gasteiger partial charge in [0.05, 0.1) is 18.9 Å². The van der Waals surface area contributed by atoms with Crippen LogP contribution in [0.2, 0.25) is 0 Å². The van der Waals surface area contributed by atoms with E-state index in [1.807, 2.05) is 42.5 Å². The first-order valence-corrected chi connectivity index (χ1v) is 8.88. The summed E-state index contributed by atoms with van der Waals surface area (Å²) in [6.45, 7) is 1.21. The van der Waals surface area contributed by atoms with E-state index < -0.39 is 0 Å². The topological polar surface area (TPSA) is 64.8 Å². The predicted molar refractivity (Wildman–Crippen MR) is 98.4 cm³/mol. The molecule has 138 valence electrons. The van der Waals surface area contributed by atoms with E-state index in [4.69, 9.17) is 13.9 Å². The maximum Gasteiger partial charge on any atom is 0.290 e. The van der Waals surface area contributed by atoms with Crippen LogP contribution in [0.3, 0.4) is 0 Å². The van der Waals surface area contributed by atoms with Crippen LogP contribution in [0.5, 0.6) is 5.88 Å². The van der Waals surface area contributed by atoms with Crippen LogP contribution in [0.4, 0.5) is 0 Å². The molecule has 3 heterocycles. The molecule has 2 aromatic heterocycles. The number of ether oxygens (including phenoxy) is 2. The van der Waals surface area contributed by atoms with Crippen molar-refractivity contribution in [2.45, 2.75) is 12.1 Å². The highest BCUT2D eigenvalue weighted by Gasteiger charge is 2.38. The van der Waals surface area contributed by atoms with Crippen molar-refractivity contribution in [2.75, 3.05) is 19.8 Å². The lowest BCUT2D eigenvalue weighted by atomic mass is 9.98. The molecule has 1 aromatic carbocycles. The van der Waals surface area contributed by atoms with Gasteiger partial charge in [-0.15, -0.1) is 0 Å². The molecule has 0 spiro atoms. The Labute approximate surface area is 157 Å². The van der Waals surface area contributed by atoms with Crippen molar-refractivity contribution in [1.29, 1.82) is 0 Å². The van der Waals surface area contributed by atoms with Gasteiger partial charge in [0.2, 0.25) is 5.88 Å². The van der Waals surface area contributed by atoms with Gasteiger partial charge in [-0.3, -0.25) is 4.79 Å². The summed E-state index contributed by atoms with van der Waals surface area (Å²) in [7, 11) is 0. The van der Waals surface area contributed by atoms with E-state index in [1.165, 1.54) is 6.26 Å². The second kappa shape index (κ2) is 8.05. The molecule has 1 aliphatic heterocycles. The van der Waals surface area contributed by atoms with Gasteiger partial charge in [0.25, 0.3) is 5.91 Å². The average Bonchev–Trinajstić information content (AvgIpc) is 3.28. The molecule has 6 heteroatoms. The Hall–Kier alpha value is -3.12. The van der Waals surface area contributed by atoms with Crippen LogP contribution >= 0.6 is 0 Å². The second-order valence-corrected chi connectivity index (χ2v) is 6.22. The van der Waals surface area contributed by atoms with Gasteiger partial charge < -0.3 is 18.8 Å². The number of benzene rings is 1. The first kappa shape index (κ1) is 17.3. The van der Waals surface area contributed by atoms with Gasteiger partial charge in [-0.25, -0.2) is 4.98 Å². The summed E-state index contributed by atoms with van der Waals surface area (Å²) in [5, 5.41) is 0. The first-order chi connectivity index (χ1) is 13.3. The monoisotopic (exact) mass is 364 g/mol. The third kappa shape index (κ3) is 3.85. The Balaban J connectivity index is 1.60. The molecular weight excluding hydrogens is 344 g/mol. The lowest BCUT2D eigenvalue weighted by Crippen LogP contribution is -2.50. The third-order valence-electron chi connectivity index (χ3n) is 4.52. The number of carbonyl (C=O) groups excluding carboxylic acids is 1. The highest BCUT2D eigenvalue weighted by molar-refractivity contribution is 5.91. The van der Waals surface area contributed by atoms with Crippen molar-refractivity contribution in [3.8, 4) is 5.88 Å². The zero-order valence-electron chi connectivity index (χ0n) is 14.7. The second-order valence-electron chi connectivity index (χ2n) is 6.22. The minimum Gasteiger partial charge on any atom is -0.475 e. The molecule has 2 atom stereocenters. The number of amides is 1. The van der Waals surface area contributed by atoms with Crippen molar-refractivity contribution in [3.63, 3.8) is 0 Å². The molecule has 4 rings (SSSR count). The van der Waals surface area contributed by atoms with Crippen LogP contribution < -0.4 is 4.74 Å². The maximum absolute atomic E-state index is 13.0. The Morgan fingerprint density at radius 3 is 2.70 bits per heavy atom. The highest BCUT2D eigenvalue weighted by Crippen LogP contribution is 2.31. The minimum absolute atomic E-state index is 0.153. The minimum atomic E-state index is -0.318. The van der Waals surface area contributed by atoms with Gasteiger partial charge in [0.1, 0.15) is 12.7 Å². The van der Waals surface area contributed by atoms with Crippen LogP contribution in [-0.4, -0.2) is 41.7 Å². The molecule has 1 fully saturated rings. The molecular formula is C21H20N2O4.